The van der Waals surface area contributed by atoms with E-state index in [0.717, 1.165) is 0 Å². The maximum atomic E-state index is 10.3. The highest BCUT2D eigenvalue weighted by molar-refractivity contribution is 6.36. The minimum absolute atomic E-state index is 0.0261. The number of anilines is 1. The molecule has 0 spiro atoms. The van der Waals surface area contributed by atoms with Crippen LogP contribution in [-0.4, -0.2) is 50.2 Å². The molecule has 4 N–H and O–H groups in total. The van der Waals surface area contributed by atoms with Gasteiger partial charge in [-0.3, -0.25) is 0 Å². The molecule has 2 heterocycles. The van der Waals surface area contributed by atoms with Crippen LogP contribution in [0.15, 0.2) is 12.5 Å². The van der Waals surface area contributed by atoms with Crippen molar-refractivity contribution in [2.24, 2.45) is 0 Å². The van der Waals surface area contributed by atoms with Gasteiger partial charge in [0, 0.05) is 13.3 Å². The van der Waals surface area contributed by atoms with Gasteiger partial charge < -0.3 is 25.3 Å². The Morgan fingerprint density at radius 1 is 1.62 bits per heavy atom. The lowest BCUT2D eigenvalue weighted by Gasteiger charge is -2.30. The normalized spacial score (nSPS) is 15.6. The number of aromatic nitrogens is 3. The zero-order chi connectivity index (χ0) is 15.6. The Morgan fingerprint density at radius 2 is 2.33 bits per heavy atom. The molecule has 0 aliphatic heterocycles. The van der Waals surface area contributed by atoms with Gasteiger partial charge in [0.2, 0.25) is 0 Å². The Hall–Kier alpha value is -1.85. The number of aliphatic hydroxyl groups is 2. The first-order valence-corrected chi connectivity index (χ1v) is 6.43. The summed E-state index contributed by atoms with van der Waals surface area (Å²) < 4.78 is 6.66. The van der Waals surface area contributed by atoms with Crippen molar-refractivity contribution in [1.82, 2.24) is 14.5 Å². The first-order valence-electron chi connectivity index (χ1n) is 6.05. The molecule has 0 fully saturated rings. The average molecular weight is 311 g/mol. The van der Waals surface area contributed by atoms with E-state index in [2.05, 4.69) is 15.9 Å². The van der Waals surface area contributed by atoms with Crippen molar-refractivity contribution in [2.45, 2.75) is 18.2 Å². The first kappa shape index (κ1) is 15.5. The Kier molecular flexibility index (Phi) is 4.34. The van der Waals surface area contributed by atoms with Crippen LogP contribution >= 0.6 is 11.6 Å². The SMILES string of the molecule is C#C[C@](CO)(OC)[C@@H](O)Cn1cc(Cl)c2c(N)ncnc21. The van der Waals surface area contributed by atoms with E-state index in [0.29, 0.717) is 16.1 Å². The van der Waals surface area contributed by atoms with Gasteiger partial charge >= 0.3 is 0 Å². The number of hydrogen-bond acceptors (Lipinski definition) is 6. The summed E-state index contributed by atoms with van der Waals surface area (Å²) in [6.45, 7) is -0.497. The highest BCUT2D eigenvalue weighted by atomic mass is 35.5. The Bertz CT molecular complexity index is 691. The van der Waals surface area contributed by atoms with Gasteiger partial charge in [-0.25, -0.2) is 9.97 Å². The lowest BCUT2D eigenvalue weighted by Crippen LogP contribution is -2.48. The quantitative estimate of drug-likeness (QED) is 0.673. The number of ether oxygens (including phenoxy) is 1. The lowest BCUT2D eigenvalue weighted by atomic mass is 9.98. The van der Waals surface area contributed by atoms with Gasteiger partial charge in [0.25, 0.3) is 0 Å². The molecular formula is C13H15ClN4O3. The molecule has 0 amide bonds. The average Bonchev–Trinajstić information content (AvgIpc) is 2.79. The molecule has 2 aromatic rings. The summed E-state index contributed by atoms with van der Waals surface area (Å²) in [5.74, 6) is 2.52. The molecule has 0 radical (unpaired) electrons. The van der Waals surface area contributed by atoms with Gasteiger partial charge in [-0.15, -0.1) is 6.42 Å². The summed E-state index contributed by atoms with van der Waals surface area (Å²) >= 11 is 6.10. The van der Waals surface area contributed by atoms with E-state index >= 15 is 0 Å². The van der Waals surface area contributed by atoms with Crippen molar-refractivity contribution in [3.05, 3.63) is 17.5 Å². The van der Waals surface area contributed by atoms with Crippen molar-refractivity contribution >= 4 is 28.5 Å². The predicted molar refractivity (Wildman–Crippen MR) is 78.6 cm³/mol. The second-order valence-corrected chi connectivity index (χ2v) is 4.91. The fourth-order valence-corrected chi connectivity index (χ4v) is 2.38. The van der Waals surface area contributed by atoms with Gasteiger partial charge in [0.1, 0.15) is 23.9 Å². The van der Waals surface area contributed by atoms with Crippen molar-refractivity contribution in [2.75, 3.05) is 19.5 Å². The molecule has 0 bridgehead atoms. The number of hydrogen-bond donors (Lipinski definition) is 3. The van der Waals surface area contributed by atoms with Crippen LogP contribution in [0.25, 0.3) is 11.0 Å². The Balaban J connectivity index is 2.41. The number of terminal acetylenes is 1. The number of fused-ring (bicyclic) bond motifs is 1. The molecule has 0 saturated carbocycles. The molecule has 2 atom stereocenters. The van der Waals surface area contributed by atoms with E-state index in [1.54, 1.807) is 10.8 Å². The number of aliphatic hydroxyl groups excluding tert-OH is 2. The summed E-state index contributed by atoms with van der Waals surface area (Å²) in [5, 5.41) is 20.5. The van der Waals surface area contributed by atoms with Crippen molar-refractivity contribution < 1.29 is 14.9 Å². The summed E-state index contributed by atoms with van der Waals surface area (Å²) in [6, 6.07) is 0. The number of rotatable bonds is 5. The molecule has 2 aromatic heterocycles. The molecule has 0 aliphatic rings. The number of halogens is 1. The van der Waals surface area contributed by atoms with E-state index in [1.165, 1.54) is 13.4 Å². The highest BCUT2D eigenvalue weighted by Crippen LogP contribution is 2.28. The third-order valence-electron chi connectivity index (χ3n) is 3.39. The molecule has 112 valence electrons. The molecule has 0 aliphatic carbocycles. The van der Waals surface area contributed by atoms with Gasteiger partial charge in [0.15, 0.2) is 5.60 Å². The van der Waals surface area contributed by atoms with E-state index in [4.69, 9.17) is 28.5 Å². The minimum atomic E-state index is -1.50. The van der Waals surface area contributed by atoms with Crippen LogP contribution in [0.3, 0.4) is 0 Å². The predicted octanol–water partition coefficient (Wildman–Crippen LogP) is 0.0385. The number of nitrogen functional groups attached to an aromatic ring is 1. The third kappa shape index (κ3) is 2.54. The highest BCUT2D eigenvalue weighted by Gasteiger charge is 2.36. The molecule has 8 heteroatoms. The maximum Gasteiger partial charge on any atom is 0.178 e. The van der Waals surface area contributed by atoms with Crippen LogP contribution in [0.5, 0.6) is 0 Å². The lowest BCUT2D eigenvalue weighted by molar-refractivity contribution is -0.0947. The maximum absolute atomic E-state index is 10.3. The van der Waals surface area contributed by atoms with Gasteiger partial charge in [-0.1, -0.05) is 17.5 Å². The molecule has 0 unspecified atom stereocenters. The van der Waals surface area contributed by atoms with Crippen LogP contribution in [0.1, 0.15) is 0 Å². The first-order chi connectivity index (χ1) is 9.99. The topological polar surface area (TPSA) is 106 Å². The van der Waals surface area contributed by atoms with Crippen LogP contribution in [0.4, 0.5) is 5.82 Å². The second-order valence-electron chi connectivity index (χ2n) is 4.50. The summed E-state index contributed by atoms with van der Waals surface area (Å²) in [7, 11) is 1.32. The van der Waals surface area contributed by atoms with E-state index in [-0.39, 0.29) is 12.4 Å². The van der Waals surface area contributed by atoms with Gasteiger partial charge in [0.05, 0.1) is 23.6 Å². The van der Waals surface area contributed by atoms with Crippen molar-refractivity contribution in [1.29, 1.82) is 0 Å². The Labute approximate surface area is 126 Å². The Morgan fingerprint density at radius 3 is 2.90 bits per heavy atom. The fraction of sp³-hybridized carbons (Fsp3) is 0.385. The van der Waals surface area contributed by atoms with Gasteiger partial charge in [-0.05, 0) is 0 Å². The smallest absolute Gasteiger partial charge is 0.178 e. The van der Waals surface area contributed by atoms with Crippen molar-refractivity contribution in [3.63, 3.8) is 0 Å². The van der Waals surface area contributed by atoms with Crippen molar-refractivity contribution in [3.8, 4) is 12.3 Å². The van der Waals surface area contributed by atoms with Crippen LogP contribution in [0.2, 0.25) is 5.02 Å². The summed E-state index contributed by atoms with van der Waals surface area (Å²) in [6.07, 6.45) is 7.05. The fourth-order valence-electron chi connectivity index (χ4n) is 2.08. The molecule has 2 rings (SSSR count). The monoisotopic (exact) mass is 310 g/mol. The van der Waals surface area contributed by atoms with E-state index < -0.39 is 18.3 Å². The number of nitrogens with zero attached hydrogens (tertiary/aromatic N) is 3. The molecule has 0 aromatic carbocycles. The molecule has 0 saturated heterocycles. The standard InChI is InChI=1S/C13H15ClN4O3/c1-3-13(6-19,21-2)9(20)5-18-4-8(14)10-11(15)16-7-17-12(10)18/h1,4,7,9,19-20H,5-6H2,2H3,(H2,15,16,17)/t9-,13+/m0/s1. The van der Waals surface area contributed by atoms with E-state index in [9.17, 15) is 10.2 Å². The zero-order valence-corrected chi connectivity index (χ0v) is 12.1. The third-order valence-corrected chi connectivity index (χ3v) is 3.67. The molecular weight excluding hydrogens is 296 g/mol. The van der Waals surface area contributed by atoms with Crippen LogP contribution in [0, 0.1) is 12.3 Å². The molecule has 21 heavy (non-hydrogen) atoms. The largest absolute Gasteiger partial charge is 0.392 e. The van der Waals surface area contributed by atoms with E-state index in [1.807, 2.05) is 0 Å². The minimum Gasteiger partial charge on any atom is -0.392 e. The zero-order valence-electron chi connectivity index (χ0n) is 11.3. The summed E-state index contributed by atoms with van der Waals surface area (Å²) in [4.78, 5) is 7.96. The van der Waals surface area contributed by atoms with Crippen LogP contribution < -0.4 is 5.73 Å². The summed E-state index contributed by atoms with van der Waals surface area (Å²) in [5.41, 5.74) is 4.72. The van der Waals surface area contributed by atoms with Crippen LogP contribution in [-0.2, 0) is 11.3 Å². The second kappa shape index (κ2) is 5.87. The molecule has 7 nitrogen and oxygen atoms in total. The number of methoxy groups -OCH3 is 1. The number of nitrogens with two attached hydrogens (primary N) is 1. The van der Waals surface area contributed by atoms with Gasteiger partial charge in [-0.2, -0.15) is 0 Å².